The van der Waals surface area contributed by atoms with E-state index in [-0.39, 0.29) is 0 Å². The molecule has 2 aliphatic rings. The van der Waals surface area contributed by atoms with E-state index >= 15 is 0 Å². The van der Waals surface area contributed by atoms with Gasteiger partial charge in [-0.1, -0.05) is 18.2 Å². The number of benzene rings is 2. The molecular weight excluding hydrogens is 378 g/mol. The largest absolute Gasteiger partial charge is 0.493 e. The highest BCUT2D eigenvalue weighted by molar-refractivity contribution is 5.75. The molecule has 0 radical (unpaired) electrons. The summed E-state index contributed by atoms with van der Waals surface area (Å²) in [5.74, 6) is 2.98. The van der Waals surface area contributed by atoms with E-state index in [2.05, 4.69) is 29.2 Å². The highest BCUT2D eigenvalue weighted by atomic mass is 16.5. The summed E-state index contributed by atoms with van der Waals surface area (Å²) in [4.78, 5) is 2.51. The van der Waals surface area contributed by atoms with Gasteiger partial charge in [0.2, 0.25) is 0 Å². The molecule has 162 valence electrons. The molecule has 1 atom stereocenters. The van der Waals surface area contributed by atoms with Crippen molar-refractivity contribution in [3.8, 4) is 28.4 Å². The maximum atomic E-state index is 6.32. The second-order valence-electron chi connectivity index (χ2n) is 8.24. The first-order chi connectivity index (χ1) is 14.8. The number of nitrogens with zero attached hydrogens (tertiary/aromatic N) is 1. The van der Waals surface area contributed by atoms with Crippen molar-refractivity contribution in [3.63, 3.8) is 0 Å². The lowest BCUT2D eigenvalue weighted by atomic mass is 10.0. The van der Waals surface area contributed by atoms with Crippen LogP contribution in [0.2, 0.25) is 0 Å². The molecule has 30 heavy (non-hydrogen) atoms. The minimum absolute atomic E-state index is 0.483. The van der Waals surface area contributed by atoms with E-state index in [0.29, 0.717) is 5.92 Å². The van der Waals surface area contributed by atoms with Crippen LogP contribution in [-0.2, 0) is 11.3 Å². The van der Waals surface area contributed by atoms with E-state index in [4.69, 9.17) is 18.9 Å². The van der Waals surface area contributed by atoms with Gasteiger partial charge in [-0.25, -0.2) is 0 Å². The first kappa shape index (κ1) is 21.0. The van der Waals surface area contributed by atoms with Crippen molar-refractivity contribution in [2.45, 2.75) is 32.2 Å². The predicted molar refractivity (Wildman–Crippen MR) is 119 cm³/mol. The number of rotatable bonds is 8. The van der Waals surface area contributed by atoms with E-state index < -0.39 is 0 Å². The summed E-state index contributed by atoms with van der Waals surface area (Å²) >= 11 is 0. The SMILES string of the molecule is COc1cccc(-c2ccc(OCC3CCCOC3)c(CN3CCCC3)c2)c1OC. The lowest BCUT2D eigenvalue weighted by Gasteiger charge is -2.24. The average Bonchev–Trinajstić information content (AvgIpc) is 3.31. The van der Waals surface area contributed by atoms with Crippen molar-refractivity contribution in [2.75, 3.05) is 47.1 Å². The Morgan fingerprint density at radius 2 is 1.87 bits per heavy atom. The van der Waals surface area contributed by atoms with Crippen LogP contribution in [0.15, 0.2) is 36.4 Å². The fourth-order valence-corrected chi connectivity index (χ4v) is 4.45. The zero-order valence-electron chi connectivity index (χ0n) is 18.2. The molecule has 0 spiro atoms. The van der Waals surface area contributed by atoms with Gasteiger partial charge in [0.05, 0.1) is 27.4 Å². The fourth-order valence-electron chi connectivity index (χ4n) is 4.45. The summed E-state index contributed by atoms with van der Waals surface area (Å²) in [6.45, 7) is 5.63. The smallest absolute Gasteiger partial charge is 0.168 e. The second kappa shape index (κ2) is 10.2. The third kappa shape index (κ3) is 4.90. The van der Waals surface area contributed by atoms with Crippen molar-refractivity contribution >= 4 is 0 Å². The molecule has 2 aromatic rings. The maximum Gasteiger partial charge on any atom is 0.168 e. The molecule has 0 amide bonds. The van der Waals surface area contributed by atoms with Gasteiger partial charge in [0.15, 0.2) is 11.5 Å². The molecule has 1 unspecified atom stereocenters. The normalized spacial score (nSPS) is 19.6. The number of para-hydroxylation sites is 1. The Bertz CT molecular complexity index is 826. The second-order valence-corrected chi connectivity index (χ2v) is 8.24. The number of ether oxygens (including phenoxy) is 4. The molecule has 2 aromatic carbocycles. The third-order valence-electron chi connectivity index (χ3n) is 6.10. The van der Waals surface area contributed by atoms with Gasteiger partial charge >= 0.3 is 0 Å². The number of hydrogen-bond acceptors (Lipinski definition) is 5. The van der Waals surface area contributed by atoms with Crippen molar-refractivity contribution < 1.29 is 18.9 Å². The summed E-state index contributed by atoms with van der Waals surface area (Å²) in [5, 5.41) is 0. The van der Waals surface area contributed by atoms with Crippen LogP contribution in [0.3, 0.4) is 0 Å². The van der Waals surface area contributed by atoms with Crippen LogP contribution in [0, 0.1) is 5.92 Å². The molecule has 5 nitrogen and oxygen atoms in total. The molecule has 0 aromatic heterocycles. The molecule has 2 heterocycles. The molecule has 5 heteroatoms. The van der Waals surface area contributed by atoms with Gasteiger partial charge in [-0.15, -0.1) is 0 Å². The standard InChI is InChI=1S/C25H33NO4/c1-27-24-9-5-8-22(25(24)28-2)20-10-11-23(30-18-19-7-6-14-29-17-19)21(15-20)16-26-12-3-4-13-26/h5,8-11,15,19H,3-4,6-7,12-14,16-18H2,1-2H3. The van der Waals surface area contributed by atoms with Crippen molar-refractivity contribution in [1.82, 2.24) is 4.90 Å². The Balaban J connectivity index is 1.61. The molecule has 2 fully saturated rings. The van der Waals surface area contributed by atoms with E-state index in [0.717, 1.165) is 74.3 Å². The Hall–Kier alpha value is -2.24. The zero-order chi connectivity index (χ0) is 20.8. The first-order valence-electron chi connectivity index (χ1n) is 11.1. The predicted octanol–water partition coefficient (Wildman–Crippen LogP) is 4.77. The fraction of sp³-hybridized carbons (Fsp3) is 0.520. The van der Waals surface area contributed by atoms with Gasteiger partial charge in [-0.3, -0.25) is 4.90 Å². The van der Waals surface area contributed by atoms with E-state index in [1.54, 1.807) is 14.2 Å². The molecule has 0 bridgehead atoms. The van der Waals surface area contributed by atoms with Gasteiger partial charge in [0.25, 0.3) is 0 Å². The first-order valence-corrected chi connectivity index (χ1v) is 11.1. The average molecular weight is 412 g/mol. The maximum absolute atomic E-state index is 6.32. The molecule has 2 saturated heterocycles. The van der Waals surface area contributed by atoms with Crippen LogP contribution in [0.4, 0.5) is 0 Å². The Labute approximate surface area is 179 Å². The van der Waals surface area contributed by atoms with Crippen LogP contribution in [0.25, 0.3) is 11.1 Å². The van der Waals surface area contributed by atoms with Crippen molar-refractivity contribution in [3.05, 3.63) is 42.0 Å². The minimum atomic E-state index is 0.483. The lowest BCUT2D eigenvalue weighted by Crippen LogP contribution is -2.24. The molecule has 0 saturated carbocycles. The summed E-state index contributed by atoms with van der Waals surface area (Å²) < 4.78 is 23.1. The summed E-state index contributed by atoms with van der Waals surface area (Å²) in [5.41, 5.74) is 3.39. The molecule has 0 aliphatic carbocycles. The monoisotopic (exact) mass is 411 g/mol. The van der Waals surface area contributed by atoms with E-state index in [9.17, 15) is 0 Å². The number of hydrogen-bond donors (Lipinski definition) is 0. The zero-order valence-corrected chi connectivity index (χ0v) is 18.2. The van der Waals surface area contributed by atoms with Crippen LogP contribution in [-0.4, -0.2) is 52.0 Å². The number of methoxy groups -OCH3 is 2. The highest BCUT2D eigenvalue weighted by Gasteiger charge is 2.19. The quantitative estimate of drug-likeness (QED) is 0.626. The lowest BCUT2D eigenvalue weighted by molar-refractivity contribution is 0.0349. The Morgan fingerprint density at radius 1 is 1.00 bits per heavy atom. The van der Waals surface area contributed by atoms with Crippen molar-refractivity contribution in [1.29, 1.82) is 0 Å². The Kier molecular flexibility index (Phi) is 7.13. The third-order valence-corrected chi connectivity index (χ3v) is 6.10. The van der Waals surface area contributed by atoms with Crippen LogP contribution in [0.5, 0.6) is 17.2 Å². The van der Waals surface area contributed by atoms with Crippen LogP contribution >= 0.6 is 0 Å². The van der Waals surface area contributed by atoms with E-state index in [1.807, 2.05) is 12.1 Å². The molecular formula is C25H33NO4. The summed E-state index contributed by atoms with van der Waals surface area (Å²) in [6.07, 6.45) is 4.86. The minimum Gasteiger partial charge on any atom is -0.493 e. The van der Waals surface area contributed by atoms with Gasteiger partial charge in [0, 0.05) is 30.2 Å². The van der Waals surface area contributed by atoms with Crippen molar-refractivity contribution in [2.24, 2.45) is 5.92 Å². The van der Waals surface area contributed by atoms with Gasteiger partial charge in [-0.05, 0) is 62.5 Å². The molecule has 2 aliphatic heterocycles. The van der Waals surface area contributed by atoms with Gasteiger partial charge in [-0.2, -0.15) is 0 Å². The Morgan fingerprint density at radius 3 is 2.60 bits per heavy atom. The topological polar surface area (TPSA) is 40.2 Å². The van der Waals surface area contributed by atoms with Gasteiger partial charge < -0.3 is 18.9 Å². The summed E-state index contributed by atoms with van der Waals surface area (Å²) in [7, 11) is 3.36. The summed E-state index contributed by atoms with van der Waals surface area (Å²) in [6, 6.07) is 12.5. The van der Waals surface area contributed by atoms with Crippen LogP contribution in [0.1, 0.15) is 31.2 Å². The molecule has 4 rings (SSSR count). The van der Waals surface area contributed by atoms with E-state index in [1.165, 1.54) is 24.8 Å². The highest BCUT2D eigenvalue weighted by Crippen LogP contribution is 2.39. The number of likely N-dealkylation sites (tertiary alicyclic amines) is 1. The van der Waals surface area contributed by atoms with Gasteiger partial charge in [0.1, 0.15) is 5.75 Å². The van der Waals surface area contributed by atoms with Crippen LogP contribution < -0.4 is 14.2 Å². The molecule has 0 N–H and O–H groups in total.